The first-order valence-electron chi connectivity index (χ1n) is 7.43. The molecule has 126 valence electrons. The number of hydrogen-bond donors (Lipinski definition) is 1. The topological polar surface area (TPSA) is 56.8 Å². The van der Waals surface area contributed by atoms with E-state index in [0.29, 0.717) is 17.2 Å². The van der Waals surface area contributed by atoms with Gasteiger partial charge in [0.25, 0.3) is 0 Å². The fourth-order valence-electron chi connectivity index (χ4n) is 2.19. The zero-order valence-corrected chi connectivity index (χ0v) is 14.3. The SMILES string of the molecule is COc1cc(/C=C/C(=O)Nc2ccc(C)cc2)cc(OC)c1OC. The van der Waals surface area contributed by atoms with Crippen molar-refractivity contribution in [2.45, 2.75) is 6.92 Å². The molecule has 2 rings (SSSR count). The normalized spacial score (nSPS) is 10.5. The minimum Gasteiger partial charge on any atom is -0.493 e. The van der Waals surface area contributed by atoms with Crippen molar-refractivity contribution in [1.82, 2.24) is 0 Å². The van der Waals surface area contributed by atoms with Gasteiger partial charge in [-0.1, -0.05) is 17.7 Å². The van der Waals surface area contributed by atoms with Gasteiger partial charge in [0.15, 0.2) is 11.5 Å². The van der Waals surface area contributed by atoms with Crippen molar-refractivity contribution in [3.8, 4) is 17.2 Å². The van der Waals surface area contributed by atoms with E-state index in [-0.39, 0.29) is 5.91 Å². The predicted octanol–water partition coefficient (Wildman–Crippen LogP) is 3.67. The van der Waals surface area contributed by atoms with E-state index in [2.05, 4.69) is 5.32 Å². The average molecular weight is 327 g/mol. The van der Waals surface area contributed by atoms with Crippen molar-refractivity contribution in [1.29, 1.82) is 0 Å². The number of amides is 1. The Morgan fingerprint density at radius 2 is 1.54 bits per heavy atom. The molecule has 2 aromatic rings. The number of hydrogen-bond acceptors (Lipinski definition) is 4. The van der Waals surface area contributed by atoms with Gasteiger partial charge in [0.2, 0.25) is 11.7 Å². The Kier molecular flexibility index (Phi) is 5.84. The maximum Gasteiger partial charge on any atom is 0.248 e. The number of aryl methyl sites for hydroxylation is 1. The molecule has 0 unspecified atom stereocenters. The van der Waals surface area contributed by atoms with Crippen LogP contribution in [0.5, 0.6) is 17.2 Å². The Morgan fingerprint density at radius 1 is 0.958 bits per heavy atom. The van der Waals surface area contributed by atoms with E-state index >= 15 is 0 Å². The first-order valence-corrected chi connectivity index (χ1v) is 7.43. The zero-order valence-electron chi connectivity index (χ0n) is 14.3. The first-order chi connectivity index (χ1) is 11.6. The monoisotopic (exact) mass is 327 g/mol. The molecule has 1 N–H and O–H groups in total. The zero-order chi connectivity index (χ0) is 17.5. The highest BCUT2D eigenvalue weighted by molar-refractivity contribution is 6.02. The maximum absolute atomic E-state index is 12.0. The van der Waals surface area contributed by atoms with Gasteiger partial charge in [0.1, 0.15) is 0 Å². The molecule has 5 nitrogen and oxygen atoms in total. The molecular weight excluding hydrogens is 306 g/mol. The van der Waals surface area contributed by atoms with Crippen molar-refractivity contribution < 1.29 is 19.0 Å². The van der Waals surface area contributed by atoms with E-state index in [1.54, 1.807) is 39.5 Å². The number of methoxy groups -OCH3 is 3. The molecule has 0 aliphatic rings. The second kappa shape index (κ2) is 8.06. The van der Waals surface area contributed by atoms with Crippen LogP contribution in [0.25, 0.3) is 6.08 Å². The molecule has 5 heteroatoms. The molecular formula is C19H21NO4. The van der Waals surface area contributed by atoms with E-state index < -0.39 is 0 Å². The van der Waals surface area contributed by atoms with Gasteiger partial charge < -0.3 is 19.5 Å². The second-order valence-electron chi connectivity index (χ2n) is 5.15. The molecule has 0 bridgehead atoms. The highest BCUT2D eigenvalue weighted by atomic mass is 16.5. The minimum absolute atomic E-state index is 0.215. The second-order valence-corrected chi connectivity index (χ2v) is 5.15. The first kappa shape index (κ1) is 17.4. The summed E-state index contributed by atoms with van der Waals surface area (Å²) < 4.78 is 15.9. The molecule has 24 heavy (non-hydrogen) atoms. The third-order valence-corrected chi connectivity index (χ3v) is 3.43. The van der Waals surface area contributed by atoms with E-state index in [1.807, 2.05) is 31.2 Å². The fraction of sp³-hybridized carbons (Fsp3) is 0.211. The Labute approximate surface area is 141 Å². The van der Waals surface area contributed by atoms with Crippen LogP contribution in [0.2, 0.25) is 0 Å². The predicted molar refractivity (Wildman–Crippen MR) is 94.9 cm³/mol. The van der Waals surface area contributed by atoms with Crippen LogP contribution in [0.15, 0.2) is 42.5 Å². The number of nitrogens with one attached hydrogen (secondary N) is 1. The van der Waals surface area contributed by atoms with Crippen molar-refractivity contribution in [3.63, 3.8) is 0 Å². The lowest BCUT2D eigenvalue weighted by atomic mass is 10.1. The van der Waals surface area contributed by atoms with E-state index in [1.165, 1.54) is 6.08 Å². The van der Waals surface area contributed by atoms with Gasteiger partial charge >= 0.3 is 0 Å². The summed E-state index contributed by atoms with van der Waals surface area (Å²) in [6.45, 7) is 2.00. The summed E-state index contributed by atoms with van der Waals surface area (Å²) >= 11 is 0. The van der Waals surface area contributed by atoms with Crippen LogP contribution in [0.3, 0.4) is 0 Å². The highest BCUT2D eigenvalue weighted by Crippen LogP contribution is 2.38. The van der Waals surface area contributed by atoms with Crippen LogP contribution in [-0.4, -0.2) is 27.2 Å². The lowest BCUT2D eigenvalue weighted by Crippen LogP contribution is -2.07. The summed E-state index contributed by atoms with van der Waals surface area (Å²) in [5.41, 5.74) is 2.66. The van der Waals surface area contributed by atoms with Crippen molar-refractivity contribution in [2.75, 3.05) is 26.6 Å². The third-order valence-electron chi connectivity index (χ3n) is 3.43. The molecule has 0 aliphatic heterocycles. The van der Waals surface area contributed by atoms with Crippen LogP contribution in [0, 0.1) is 6.92 Å². The molecule has 0 spiro atoms. The number of anilines is 1. The molecule has 1 amide bonds. The average Bonchev–Trinajstić information content (AvgIpc) is 2.60. The van der Waals surface area contributed by atoms with Gasteiger partial charge in [-0.3, -0.25) is 4.79 Å². The van der Waals surface area contributed by atoms with Crippen molar-refractivity contribution >= 4 is 17.7 Å². The van der Waals surface area contributed by atoms with Crippen LogP contribution in [0.1, 0.15) is 11.1 Å². The summed E-state index contributed by atoms with van der Waals surface area (Å²) in [6, 6.07) is 11.2. The van der Waals surface area contributed by atoms with E-state index in [9.17, 15) is 4.79 Å². The summed E-state index contributed by atoms with van der Waals surface area (Å²) in [5.74, 6) is 1.37. The minimum atomic E-state index is -0.215. The molecule has 2 aromatic carbocycles. The Balaban J connectivity index is 2.15. The van der Waals surface area contributed by atoms with Gasteiger partial charge in [-0.05, 0) is 42.8 Å². The smallest absolute Gasteiger partial charge is 0.248 e. The number of rotatable bonds is 6. The molecule has 0 saturated carbocycles. The molecule has 0 aliphatic carbocycles. The molecule has 0 saturated heterocycles. The van der Waals surface area contributed by atoms with Gasteiger partial charge in [-0.25, -0.2) is 0 Å². The quantitative estimate of drug-likeness (QED) is 0.823. The van der Waals surface area contributed by atoms with Crippen LogP contribution < -0.4 is 19.5 Å². The molecule has 0 radical (unpaired) electrons. The van der Waals surface area contributed by atoms with E-state index in [4.69, 9.17) is 14.2 Å². The number of carbonyl (C=O) groups excluding carboxylic acids is 1. The number of carbonyl (C=O) groups is 1. The Morgan fingerprint density at radius 3 is 2.04 bits per heavy atom. The van der Waals surface area contributed by atoms with E-state index in [0.717, 1.165) is 16.8 Å². The van der Waals surface area contributed by atoms with Crippen LogP contribution >= 0.6 is 0 Å². The molecule has 0 fully saturated rings. The Hall–Kier alpha value is -2.95. The Bertz CT molecular complexity index is 711. The molecule has 0 aromatic heterocycles. The van der Waals surface area contributed by atoms with Gasteiger partial charge in [-0.2, -0.15) is 0 Å². The third kappa shape index (κ3) is 4.29. The number of benzene rings is 2. The highest BCUT2D eigenvalue weighted by Gasteiger charge is 2.12. The lowest BCUT2D eigenvalue weighted by molar-refractivity contribution is -0.111. The van der Waals surface area contributed by atoms with Crippen molar-refractivity contribution in [2.24, 2.45) is 0 Å². The summed E-state index contributed by atoms with van der Waals surface area (Å²) in [4.78, 5) is 12.0. The fourth-order valence-corrected chi connectivity index (χ4v) is 2.19. The summed E-state index contributed by atoms with van der Waals surface area (Å²) in [7, 11) is 4.65. The summed E-state index contributed by atoms with van der Waals surface area (Å²) in [5, 5.41) is 2.81. The van der Waals surface area contributed by atoms with Gasteiger partial charge in [0, 0.05) is 11.8 Å². The molecule has 0 heterocycles. The van der Waals surface area contributed by atoms with Crippen LogP contribution in [0.4, 0.5) is 5.69 Å². The summed E-state index contributed by atoms with van der Waals surface area (Å²) in [6.07, 6.45) is 3.15. The standard InChI is InChI=1S/C19H21NO4/c1-13-5-8-15(9-6-13)20-18(21)10-7-14-11-16(22-2)19(24-4)17(12-14)23-3/h5-12H,1-4H3,(H,20,21)/b10-7+. The largest absolute Gasteiger partial charge is 0.493 e. The van der Waals surface area contributed by atoms with Gasteiger partial charge in [-0.15, -0.1) is 0 Å². The van der Waals surface area contributed by atoms with Gasteiger partial charge in [0.05, 0.1) is 21.3 Å². The lowest BCUT2D eigenvalue weighted by Gasteiger charge is -2.12. The van der Waals surface area contributed by atoms with Crippen LogP contribution in [-0.2, 0) is 4.79 Å². The van der Waals surface area contributed by atoms with Crippen molar-refractivity contribution in [3.05, 3.63) is 53.6 Å². The molecule has 0 atom stereocenters. The number of ether oxygens (including phenoxy) is 3. The maximum atomic E-state index is 12.0.